The molecule has 1 N–H and O–H groups in total. The number of likely N-dealkylation sites (N-methyl/N-ethyl adjacent to an activating group) is 1. The van der Waals surface area contributed by atoms with Crippen molar-refractivity contribution in [3.8, 4) is 0 Å². The van der Waals surface area contributed by atoms with Gasteiger partial charge >= 0.3 is 0 Å². The predicted molar refractivity (Wildman–Crippen MR) is 53.7 cm³/mol. The van der Waals surface area contributed by atoms with E-state index in [0.717, 1.165) is 6.54 Å². The van der Waals surface area contributed by atoms with Crippen molar-refractivity contribution in [1.29, 1.82) is 0 Å². The summed E-state index contributed by atoms with van der Waals surface area (Å²) in [6.45, 7) is 2.78. The summed E-state index contributed by atoms with van der Waals surface area (Å²) in [6.07, 6.45) is -0.0653. The Labute approximate surface area is 81.1 Å². The van der Waals surface area contributed by atoms with Crippen molar-refractivity contribution < 1.29 is 9.84 Å². The van der Waals surface area contributed by atoms with Gasteiger partial charge in [-0.15, -0.1) is 0 Å². The summed E-state index contributed by atoms with van der Waals surface area (Å²) >= 11 is 0. The summed E-state index contributed by atoms with van der Waals surface area (Å²) < 4.78 is 5.61. The molecule has 0 fully saturated rings. The number of nitrogens with zero attached hydrogens (tertiary/aromatic N) is 2. The molecule has 0 aromatic carbocycles. The number of rotatable bonds is 6. The lowest BCUT2D eigenvalue weighted by molar-refractivity contribution is -0.0939. The molecule has 0 aromatic rings. The highest BCUT2D eigenvalue weighted by Crippen LogP contribution is 2.01. The van der Waals surface area contributed by atoms with Crippen LogP contribution in [0.2, 0.25) is 0 Å². The summed E-state index contributed by atoms with van der Waals surface area (Å²) in [5.41, 5.74) is 0. The summed E-state index contributed by atoms with van der Waals surface area (Å²) in [4.78, 5) is 3.97. The van der Waals surface area contributed by atoms with Gasteiger partial charge in [0.25, 0.3) is 0 Å². The summed E-state index contributed by atoms with van der Waals surface area (Å²) in [7, 11) is 7.84. The third-order valence-electron chi connectivity index (χ3n) is 1.89. The van der Waals surface area contributed by atoms with Crippen molar-refractivity contribution in [3.63, 3.8) is 0 Å². The van der Waals surface area contributed by atoms with Gasteiger partial charge in [-0.3, -0.25) is 4.90 Å². The molecule has 0 heterocycles. The van der Waals surface area contributed by atoms with Gasteiger partial charge in [0.15, 0.2) is 0 Å². The molecule has 0 rings (SSSR count). The lowest BCUT2D eigenvalue weighted by atomic mass is 10.3. The van der Waals surface area contributed by atoms with Gasteiger partial charge in [-0.25, -0.2) is 0 Å². The third-order valence-corrected chi connectivity index (χ3v) is 1.89. The largest absolute Gasteiger partial charge is 0.394 e. The van der Waals surface area contributed by atoms with E-state index in [0.29, 0.717) is 0 Å². The van der Waals surface area contributed by atoms with E-state index >= 15 is 0 Å². The Bertz CT molecular complexity index is 129. The Kier molecular flexibility index (Phi) is 6.24. The van der Waals surface area contributed by atoms with Crippen LogP contribution in [-0.2, 0) is 4.74 Å². The Morgan fingerprint density at radius 2 is 1.77 bits per heavy atom. The maximum Gasteiger partial charge on any atom is 0.107 e. The van der Waals surface area contributed by atoms with Crippen LogP contribution in [0.4, 0.5) is 0 Å². The summed E-state index contributed by atoms with van der Waals surface area (Å²) in [6, 6.07) is 0. The van der Waals surface area contributed by atoms with Crippen LogP contribution in [-0.4, -0.2) is 68.6 Å². The zero-order valence-electron chi connectivity index (χ0n) is 9.32. The molecular weight excluding hydrogens is 168 g/mol. The molecule has 0 saturated heterocycles. The quantitative estimate of drug-likeness (QED) is 0.590. The van der Waals surface area contributed by atoms with E-state index in [4.69, 9.17) is 9.84 Å². The SMILES string of the molecule is CC(OC(CO)CN(C)C)N(C)C. The van der Waals surface area contributed by atoms with Gasteiger partial charge in [-0.2, -0.15) is 0 Å². The van der Waals surface area contributed by atoms with Crippen molar-refractivity contribution in [2.45, 2.75) is 19.3 Å². The molecule has 80 valence electrons. The number of hydrogen-bond acceptors (Lipinski definition) is 4. The maximum absolute atomic E-state index is 9.04. The van der Waals surface area contributed by atoms with Crippen molar-refractivity contribution >= 4 is 0 Å². The standard InChI is InChI=1S/C9H22N2O2/c1-8(11(4)5)13-9(7-12)6-10(2)3/h8-9,12H,6-7H2,1-5H3. The molecule has 0 aliphatic heterocycles. The molecule has 4 nitrogen and oxygen atoms in total. The zero-order chi connectivity index (χ0) is 10.4. The van der Waals surface area contributed by atoms with Gasteiger partial charge in [-0.1, -0.05) is 0 Å². The smallest absolute Gasteiger partial charge is 0.107 e. The monoisotopic (exact) mass is 190 g/mol. The molecule has 13 heavy (non-hydrogen) atoms. The van der Waals surface area contributed by atoms with E-state index in [1.165, 1.54) is 0 Å². The first-order chi connectivity index (χ1) is 5.97. The van der Waals surface area contributed by atoms with Crippen LogP contribution in [0.15, 0.2) is 0 Å². The lowest BCUT2D eigenvalue weighted by Gasteiger charge is -2.27. The molecule has 0 aliphatic rings. The van der Waals surface area contributed by atoms with Crippen LogP contribution in [0.1, 0.15) is 6.92 Å². The molecule has 0 saturated carbocycles. The minimum atomic E-state index is -0.104. The van der Waals surface area contributed by atoms with Gasteiger partial charge < -0.3 is 14.7 Å². The first kappa shape index (κ1) is 12.8. The van der Waals surface area contributed by atoms with Crippen molar-refractivity contribution in [1.82, 2.24) is 9.80 Å². The Hall–Kier alpha value is -0.160. The molecule has 0 bridgehead atoms. The van der Waals surface area contributed by atoms with E-state index < -0.39 is 0 Å². The van der Waals surface area contributed by atoms with E-state index in [1.807, 2.05) is 44.9 Å². The van der Waals surface area contributed by atoms with Gasteiger partial charge in [0.05, 0.1) is 12.7 Å². The van der Waals surface area contributed by atoms with Gasteiger partial charge in [0.1, 0.15) is 6.23 Å². The predicted octanol–water partition coefficient (Wildman–Crippen LogP) is -0.167. The molecule has 0 spiro atoms. The van der Waals surface area contributed by atoms with Crippen LogP contribution in [0, 0.1) is 0 Å². The van der Waals surface area contributed by atoms with Gasteiger partial charge in [-0.05, 0) is 35.1 Å². The van der Waals surface area contributed by atoms with E-state index in [1.54, 1.807) is 0 Å². The minimum Gasteiger partial charge on any atom is -0.394 e. The highest BCUT2D eigenvalue weighted by Gasteiger charge is 2.14. The molecule has 0 amide bonds. The zero-order valence-corrected chi connectivity index (χ0v) is 9.32. The van der Waals surface area contributed by atoms with Gasteiger partial charge in [0, 0.05) is 6.54 Å². The van der Waals surface area contributed by atoms with E-state index in [9.17, 15) is 0 Å². The topological polar surface area (TPSA) is 35.9 Å². The second-order valence-electron chi connectivity index (χ2n) is 3.77. The summed E-state index contributed by atoms with van der Waals surface area (Å²) in [5, 5.41) is 9.04. The highest BCUT2D eigenvalue weighted by atomic mass is 16.5. The fourth-order valence-electron chi connectivity index (χ4n) is 0.951. The number of aliphatic hydroxyl groups excluding tert-OH is 1. The Morgan fingerprint density at radius 3 is 2.08 bits per heavy atom. The first-order valence-electron chi connectivity index (χ1n) is 4.54. The molecule has 0 aliphatic carbocycles. The Morgan fingerprint density at radius 1 is 1.23 bits per heavy atom. The minimum absolute atomic E-state index is 0.0390. The number of ether oxygens (including phenoxy) is 1. The number of aliphatic hydroxyl groups is 1. The summed E-state index contributed by atoms with van der Waals surface area (Å²) in [5.74, 6) is 0. The van der Waals surface area contributed by atoms with Crippen molar-refractivity contribution in [2.24, 2.45) is 0 Å². The molecule has 2 unspecified atom stereocenters. The third kappa shape index (κ3) is 5.99. The van der Waals surface area contributed by atoms with Crippen LogP contribution >= 0.6 is 0 Å². The van der Waals surface area contributed by atoms with Crippen LogP contribution in [0.25, 0.3) is 0 Å². The van der Waals surface area contributed by atoms with Crippen LogP contribution < -0.4 is 0 Å². The lowest BCUT2D eigenvalue weighted by Crippen LogP contribution is -2.38. The van der Waals surface area contributed by atoms with Crippen LogP contribution in [0.3, 0.4) is 0 Å². The first-order valence-corrected chi connectivity index (χ1v) is 4.54. The average molecular weight is 190 g/mol. The molecule has 0 radical (unpaired) electrons. The van der Waals surface area contributed by atoms with Gasteiger partial charge in [0.2, 0.25) is 0 Å². The molecule has 2 atom stereocenters. The maximum atomic E-state index is 9.04. The second kappa shape index (κ2) is 6.32. The fourth-order valence-corrected chi connectivity index (χ4v) is 0.951. The fraction of sp³-hybridized carbons (Fsp3) is 1.00. The van der Waals surface area contributed by atoms with Crippen LogP contribution in [0.5, 0.6) is 0 Å². The average Bonchev–Trinajstić information content (AvgIpc) is 2.02. The Balaban J connectivity index is 3.83. The molecule has 0 aromatic heterocycles. The normalized spacial score (nSPS) is 16.6. The highest BCUT2D eigenvalue weighted by molar-refractivity contribution is 4.61. The van der Waals surface area contributed by atoms with E-state index in [-0.39, 0.29) is 18.9 Å². The second-order valence-corrected chi connectivity index (χ2v) is 3.77. The van der Waals surface area contributed by atoms with Crippen molar-refractivity contribution in [2.75, 3.05) is 41.3 Å². The molecule has 4 heteroatoms. The molecular formula is C9H22N2O2. The van der Waals surface area contributed by atoms with E-state index in [2.05, 4.69) is 0 Å². The number of hydrogen-bond donors (Lipinski definition) is 1. The van der Waals surface area contributed by atoms with Crippen molar-refractivity contribution in [3.05, 3.63) is 0 Å².